The number of aromatic nitrogens is 2. The molecule has 1 aliphatic heterocycles. The summed E-state index contributed by atoms with van der Waals surface area (Å²) in [7, 11) is 0. The van der Waals surface area contributed by atoms with Gasteiger partial charge in [-0.1, -0.05) is 19.9 Å². The van der Waals surface area contributed by atoms with E-state index >= 15 is 0 Å². The standard InChI is InChI=1S/C20H27N5O/c1-16(2)6-8-22-18-13-17(14-21-15-18)20(26)25-11-9-24(10-12-25)19-5-3-4-7-23-19/h3-5,7,13-16,22H,6,8-12H2,1-2H3. The van der Waals surface area contributed by atoms with Crippen molar-refractivity contribution in [3.05, 3.63) is 48.4 Å². The average Bonchev–Trinajstić information content (AvgIpc) is 2.68. The van der Waals surface area contributed by atoms with Gasteiger partial charge in [0.15, 0.2) is 0 Å². The van der Waals surface area contributed by atoms with Gasteiger partial charge in [-0.2, -0.15) is 0 Å². The van der Waals surface area contributed by atoms with Crippen molar-refractivity contribution < 1.29 is 4.79 Å². The number of carbonyl (C=O) groups is 1. The van der Waals surface area contributed by atoms with Gasteiger partial charge in [-0.15, -0.1) is 0 Å². The Labute approximate surface area is 155 Å². The minimum atomic E-state index is 0.0469. The zero-order chi connectivity index (χ0) is 18.4. The molecule has 0 bridgehead atoms. The number of pyridine rings is 2. The van der Waals surface area contributed by atoms with E-state index in [0.29, 0.717) is 24.6 Å². The van der Waals surface area contributed by atoms with Gasteiger partial charge in [-0.3, -0.25) is 9.78 Å². The number of anilines is 2. The Bertz CT molecular complexity index is 711. The highest BCUT2D eigenvalue weighted by molar-refractivity contribution is 5.94. The summed E-state index contributed by atoms with van der Waals surface area (Å²) >= 11 is 0. The first-order chi connectivity index (χ1) is 12.6. The Morgan fingerprint density at radius 1 is 1.19 bits per heavy atom. The molecule has 0 aromatic carbocycles. The fourth-order valence-electron chi connectivity index (χ4n) is 3.02. The third-order valence-corrected chi connectivity index (χ3v) is 4.58. The van der Waals surface area contributed by atoms with E-state index in [1.807, 2.05) is 29.2 Å². The molecule has 0 spiro atoms. The van der Waals surface area contributed by atoms with Gasteiger partial charge in [0.1, 0.15) is 5.82 Å². The molecule has 6 nitrogen and oxygen atoms in total. The van der Waals surface area contributed by atoms with E-state index in [1.165, 1.54) is 0 Å². The van der Waals surface area contributed by atoms with Crippen LogP contribution in [0.15, 0.2) is 42.9 Å². The Balaban J connectivity index is 1.56. The molecule has 0 unspecified atom stereocenters. The smallest absolute Gasteiger partial charge is 0.255 e. The highest BCUT2D eigenvalue weighted by Gasteiger charge is 2.23. The van der Waals surface area contributed by atoms with E-state index in [4.69, 9.17) is 0 Å². The van der Waals surface area contributed by atoms with E-state index in [0.717, 1.165) is 37.6 Å². The maximum Gasteiger partial charge on any atom is 0.255 e. The SMILES string of the molecule is CC(C)CCNc1cncc(C(=O)N2CCN(c3ccccn3)CC2)c1. The van der Waals surface area contributed by atoms with E-state index in [1.54, 1.807) is 18.6 Å². The van der Waals surface area contributed by atoms with Crippen LogP contribution in [0, 0.1) is 5.92 Å². The number of hydrogen-bond donors (Lipinski definition) is 1. The van der Waals surface area contributed by atoms with Crippen LogP contribution in [0.25, 0.3) is 0 Å². The molecule has 2 aromatic heterocycles. The first-order valence-corrected chi connectivity index (χ1v) is 9.27. The van der Waals surface area contributed by atoms with Crippen molar-refractivity contribution in [3.8, 4) is 0 Å². The second-order valence-corrected chi connectivity index (χ2v) is 7.04. The molecule has 1 N–H and O–H groups in total. The molecule has 2 aromatic rings. The number of rotatable bonds is 6. The molecule has 0 radical (unpaired) electrons. The second kappa shape index (κ2) is 8.65. The van der Waals surface area contributed by atoms with Crippen molar-refractivity contribution in [2.45, 2.75) is 20.3 Å². The monoisotopic (exact) mass is 353 g/mol. The van der Waals surface area contributed by atoms with Crippen molar-refractivity contribution in [2.24, 2.45) is 5.92 Å². The van der Waals surface area contributed by atoms with Gasteiger partial charge < -0.3 is 15.1 Å². The molecule has 3 heterocycles. The van der Waals surface area contributed by atoms with Gasteiger partial charge in [0.25, 0.3) is 5.91 Å². The Kier molecular flexibility index (Phi) is 6.04. The van der Waals surface area contributed by atoms with E-state index in [2.05, 4.69) is 34.0 Å². The number of nitrogens with one attached hydrogen (secondary N) is 1. The van der Waals surface area contributed by atoms with E-state index in [-0.39, 0.29) is 5.91 Å². The summed E-state index contributed by atoms with van der Waals surface area (Å²) in [4.78, 5) is 25.5. The maximum atomic E-state index is 12.8. The van der Waals surface area contributed by atoms with Gasteiger partial charge in [0.05, 0.1) is 11.3 Å². The summed E-state index contributed by atoms with van der Waals surface area (Å²) in [6, 6.07) is 7.82. The minimum absolute atomic E-state index is 0.0469. The van der Waals surface area contributed by atoms with E-state index < -0.39 is 0 Å². The van der Waals surface area contributed by atoms with Gasteiger partial charge in [-0.25, -0.2) is 4.98 Å². The third-order valence-electron chi connectivity index (χ3n) is 4.58. The molecular weight excluding hydrogens is 326 g/mol. The Morgan fingerprint density at radius 2 is 2.00 bits per heavy atom. The van der Waals surface area contributed by atoms with Crippen molar-refractivity contribution >= 4 is 17.4 Å². The highest BCUT2D eigenvalue weighted by Crippen LogP contribution is 2.16. The fraction of sp³-hybridized carbons (Fsp3) is 0.450. The quantitative estimate of drug-likeness (QED) is 0.865. The van der Waals surface area contributed by atoms with Crippen LogP contribution in [0.4, 0.5) is 11.5 Å². The fourth-order valence-corrected chi connectivity index (χ4v) is 3.02. The minimum Gasteiger partial charge on any atom is -0.384 e. The first-order valence-electron chi connectivity index (χ1n) is 9.27. The van der Waals surface area contributed by atoms with Crippen LogP contribution in [0.1, 0.15) is 30.6 Å². The molecule has 1 saturated heterocycles. The van der Waals surface area contributed by atoms with Gasteiger partial charge in [0, 0.05) is 51.3 Å². The van der Waals surface area contributed by atoms with Crippen molar-refractivity contribution in [3.63, 3.8) is 0 Å². The molecular formula is C20H27N5O. The first kappa shape index (κ1) is 18.2. The Hall–Kier alpha value is -2.63. The maximum absolute atomic E-state index is 12.8. The number of nitrogens with zero attached hydrogens (tertiary/aromatic N) is 4. The topological polar surface area (TPSA) is 61.4 Å². The number of carbonyl (C=O) groups excluding carboxylic acids is 1. The normalized spacial score (nSPS) is 14.6. The molecule has 3 rings (SSSR count). The lowest BCUT2D eigenvalue weighted by atomic mass is 10.1. The average molecular weight is 353 g/mol. The summed E-state index contributed by atoms with van der Waals surface area (Å²) in [5, 5.41) is 3.35. The van der Waals surface area contributed by atoms with Gasteiger partial charge in [0.2, 0.25) is 0 Å². The lowest BCUT2D eigenvalue weighted by Crippen LogP contribution is -2.49. The highest BCUT2D eigenvalue weighted by atomic mass is 16.2. The van der Waals surface area contributed by atoms with Crippen LogP contribution < -0.4 is 10.2 Å². The molecule has 0 saturated carbocycles. The number of amides is 1. The summed E-state index contributed by atoms with van der Waals surface area (Å²) in [6.45, 7) is 8.26. The molecule has 0 aliphatic carbocycles. The van der Waals surface area contributed by atoms with Crippen LogP contribution in [-0.2, 0) is 0 Å². The summed E-state index contributed by atoms with van der Waals surface area (Å²) < 4.78 is 0. The zero-order valence-corrected chi connectivity index (χ0v) is 15.6. The molecule has 0 atom stereocenters. The van der Waals surface area contributed by atoms with Crippen LogP contribution in [0.3, 0.4) is 0 Å². The van der Waals surface area contributed by atoms with Crippen LogP contribution in [0.2, 0.25) is 0 Å². The van der Waals surface area contributed by atoms with Crippen molar-refractivity contribution in [1.82, 2.24) is 14.9 Å². The lowest BCUT2D eigenvalue weighted by molar-refractivity contribution is 0.0746. The van der Waals surface area contributed by atoms with Crippen LogP contribution in [0.5, 0.6) is 0 Å². The van der Waals surface area contributed by atoms with E-state index in [9.17, 15) is 4.79 Å². The molecule has 1 amide bonds. The number of piperazine rings is 1. The molecule has 138 valence electrons. The van der Waals surface area contributed by atoms with Crippen LogP contribution >= 0.6 is 0 Å². The lowest BCUT2D eigenvalue weighted by Gasteiger charge is -2.35. The predicted octanol–water partition coefficient (Wildman–Crippen LogP) is 2.90. The number of hydrogen-bond acceptors (Lipinski definition) is 5. The second-order valence-electron chi connectivity index (χ2n) is 7.04. The summed E-state index contributed by atoms with van der Waals surface area (Å²) in [5.74, 6) is 1.67. The van der Waals surface area contributed by atoms with Crippen molar-refractivity contribution in [1.29, 1.82) is 0 Å². The summed E-state index contributed by atoms with van der Waals surface area (Å²) in [6.07, 6.45) is 6.32. The molecule has 1 fully saturated rings. The predicted molar refractivity (Wildman–Crippen MR) is 105 cm³/mol. The largest absolute Gasteiger partial charge is 0.384 e. The van der Waals surface area contributed by atoms with Crippen molar-refractivity contribution in [2.75, 3.05) is 42.9 Å². The zero-order valence-electron chi connectivity index (χ0n) is 15.6. The van der Waals surface area contributed by atoms with Crippen LogP contribution in [-0.4, -0.2) is 53.5 Å². The molecule has 1 aliphatic rings. The third kappa shape index (κ3) is 4.71. The Morgan fingerprint density at radius 3 is 2.69 bits per heavy atom. The molecule has 6 heteroatoms. The van der Waals surface area contributed by atoms with Gasteiger partial charge in [-0.05, 0) is 30.5 Å². The molecule has 26 heavy (non-hydrogen) atoms. The van der Waals surface area contributed by atoms with Gasteiger partial charge >= 0.3 is 0 Å². The summed E-state index contributed by atoms with van der Waals surface area (Å²) in [5.41, 5.74) is 1.55.